The Morgan fingerprint density at radius 1 is 1.18 bits per heavy atom. The Balaban J connectivity index is 2.31. The largest absolute Gasteiger partial charge is 0.395 e. The molecule has 2 rings (SSSR count). The zero-order valence-corrected chi connectivity index (χ0v) is 10.7. The van der Waals surface area contributed by atoms with Gasteiger partial charge < -0.3 is 10.4 Å². The van der Waals surface area contributed by atoms with E-state index in [9.17, 15) is 4.79 Å². The summed E-state index contributed by atoms with van der Waals surface area (Å²) in [5.41, 5.74) is 0.605. The van der Waals surface area contributed by atoms with E-state index in [0.29, 0.717) is 5.56 Å². The molecule has 0 aliphatic rings. The molecule has 0 heterocycles. The number of nitrogens with one attached hydrogen (secondary N) is 1. The average molecular weight is 294 g/mol. The topological polar surface area (TPSA) is 49.3 Å². The molecule has 2 N–H and O–H groups in total. The lowest BCUT2D eigenvalue weighted by Crippen LogP contribution is -2.26. The third-order valence-electron chi connectivity index (χ3n) is 2.46. The Kier molecular flexibility index (Phi) is 3.76. The van der Waals surface area contributed by atoms with Crippen LogP contribution in [-0.4, -0.2) is 24.2 Å². The minimum absolute atomic E-state index is 0.0493. The van der Waals surface area contributed by atoms with Gasteiger partial charge in [-0.25, -0.2) is 0 Å². The van der Waals surface area contributed by atoms with Gasteiger partial charge in [0.15, 0.2) is 0 Å². The molecule has 0 spiro atoms. The van der Waals surface area contributed by atoms with Crippen molar-refractivity contribution in [3.8, 4) is 0 Å². The van der Waals surface area contributed by atoms with Gasteiger partial charge >= 0.3 is 0 Å². The van der Waals surface area contributed by atoms with Crippen molar-refractivity contribution in [3.63, 3.8) is 0 Å². The summed E-state index contributed by atoms with van der Waals surface area (Å²) in [5.74, 6) is -0.163. The van der Waals surface area contributed by atoms with E-state index in [2.05, 4.69) is 21.2 Å². The van der Waals surface area contributed by atoms with Gasteiger partial charge in [-0.15, -0.1) is 0 Å². The van der Waals surface area contributed by atoms with E-state index in [1.807, 2.05) is 30.3 Å². The van der Waals surface area contributed by atoms with Gasteiger partial charge in [-0.2, -0.15) is 0 Å². The van der Waals surface area contributed by atoms with E-state index in [1.54, 1.807) is 6.07 Å². The summed E-state index contributed by atoms with van der Waals surface area (Å²) in [7, 11) is 0. The summed E-state index contributed by atoms with van der Waals surface area (Å²) in [6.45, 7) is 0.226. The number of amides is 1. The fraction of sp³-hybridized carbons (Fsp3) is 0.154. The van der Waals surface area contributed by atoms with Crippen LogP contribution in [0.4, 0.5) is 0 Å². The first-order valence-corrected chi connectivity index (χ1v) is 6.08. The molecule has 0 fully saturated rings. The molecule has 0 radical (unpaired) electrons. The van der Waals surface area contributed by atoms with Crippen LogP contribution < -0.4 is 5.32 Å². The quantitative estimate of drug-likeness (QED) is 0.912. The molecule has 1 amide bonds. The monoisotopic (exact) mass is 293 g/mol. The number of hydrogen-bond donors (Lipinski definition) is 2. The van der Waals surface area contributed by atoms with Crippen molar-refractivity contribution in [2.45, 2.75) is 0 Å². The molecule has 88 valence electrons. The molecule has 0 unspecified atom stereocenters. The van der Waals surface area contributed by atoms with Crippen LogP contribution in [-0.2, 0) is 0 Å². The van der Waals surface area contributed by atoms with Gasteiger partial charge in [0.25, 0.3) is 5.91 Å². The van der Waals surface area contributed by atoms with Crippen LogP contribution in [0.3, 0.4) is 0 Å². The second-order valence-corrected chi connectivity index (χ2v) is 4.60. The highest BCUT2D eigenvalue weighted by atomic mass is 79.9. The Morgan fingerprint density at radius 3 is 2.65 bits per heavy atom. The Hall–Kier alpha value is -1.39. The van der Waals surface area contributed by atoms with Crippen LogP contribution in [0.25, 0.3) is 10.8 Å². The molecule has 0 atom stereocenters. The molecule has 2 aromatic carbocycles. The lowest BCUT2D eigenvalue weighted by Gasteiger charge is -2.05. The maximum Gasteiger partial charge on any atom is 0.251 e. The van der Waals surface area contributed by atoms with Gasteiger partial charge in [0.05, 0.1) is 6.61 Å². The Bertz CT molecular complexity index is 554. The highest BCUT2D eigenvalue weighted by Crippen LogP contribution is 2.20. The molecule has 0 saturated heterocycles. The predicted molar refractivity (Wildman–Crippen MR) is 71.1 cm³/mol. The molecular formula is C13H12BrNO2. The van der Waals surface area contributed by atoms with Crippen molar-refractivity contribution in [1.82, 2.24) is 5.32 Å². The van der Waals surface area contributed by atoms with Crippen molar-refractivity contribution >= 4 is 32.6 Å². The highest BCUT2D eigenvalue weighted by Gasteiger charge is 2.05. The van der Waals surface area contributed by atoms with E-state index >= 15 is 0 Å². The minimum atomic E-state index is -0.163. The maximum atomic E-state index is 11.7. The van der Waals surface area contributed by atoms with Crippen molar-refractivity contribution in [2.24, 2.45) is 0 Å². The fourth-order valence-corrected chi connectivity index (χ4v) is 2.01. The molecular weight excluding hydrogens is 282 g/mol. The van der Waals surface area contributed by atoms with Crippen molar-refractivity contribution in [2.75, 3.05) is 13.2 Å². The summed E-state index contributed by atoms with van der Waals surface area (Å²) in [4.78, 5) is 11.7. The van der Waals surface area contributed by atoms with Gasteiger partial charge in [0.1, 0.15) is 0 Å². The summed E-state index contributed by atoms with van der Waals surface area (Å²) < 4.78 is 1.02. The van der Waals surface area contributed by atoms with Crippen LogP contribution in [0, 0.1) is 0 Å². The Labute approximate surface area is 108 Å². The van der Waals surface area contributed by atoms with E-state index in [0.717, 1.165) is 15.2 Å². The normalized spacial score (nSPS) is 10.5. The summed E-state index contributed by atoms with van der Waals surface area (Å²) in [5, 5.41) is 13.4. The third-order valence-corrected chi connectivity index (χ3v) is 2.96. The van der Waals surface area contributed by atoms with Crippen molar-refractivity contribution in [1.29, 1.82) is 0 Å². The molecule has 3 nitrogen and oxygen atoms in total. The Morgan fingerprint density at radius 2 is 1.88 bits per heavy atom. The van der Waals surface area contributed by atoms with Crippen LogP contribution in [0.2, 0.25) is 0 Å². The first-order chi connectivity index (χ1) is 8.20. The number of aliphatic hydroxyl groups is 1. The molecule has 4 heteroatoms. The second kappa shape index (κ2) is 5.29. The van der Waals surface area contributed by atoms with Crippen molar-refractivity contribution in [3.05, 3.63) is 46.4 Å². The molecule has 0 aromatic heterocycles. The average Bonchev–Trinajstić information content (AvgIpc) is 2.35. The molecule has 0 aliphatic heterocycles. The number of carbonyl (C=O) groups excluding carboxylic acids is 1. The van der Waals surface area contributed by atoms with Gasteiger partial charge in [-0.3, -0.25) is 4.79 Å². The number of fused-ring (bicyclic) bond motifs is 1. The minimum Gasteiger partial charge on any atom is -0.395 e. The zero-order chi connectivity index (χ0) is 12.3. The van der Waals surface area contributed by atoms with Crippen LogP contribution in [0.1, 0.15) is 10.4 Å². The SMILES string of the molecule is O=C(NCCO)c1ccc2cc(Br)ccc2c1. The molecule has 17 heavy (non-hydrogen) atoms. The van der Waals surface area contributed by atoms with E-state index in [-0.39, 0.29) is 19.1 Å². The van der Waals surface area contributed by atoms with E-state index < -0.39 is 0 Å². The summed E-state index contributed by atoms with van der Waals surface area (Å²) >= 11 is 3.41. The van der Waals surface area contributed by atoms with E-state index in [1.165, 1.54) is 0 Å². The standard InChI is InChI=1S/C13H12BrNO2/c14-12-4-3-9-7-11(2-1-10(9)8-12)13(17)15-5-6-16/h1-4,7-8,16H,5-6H2,(H,15,17). The number of halogens is 1. The smallest absolute Gasteiger partial charge is 0.251 e. The fourth-order valence-electron chi connectivity index (χ4n) is 1.63. The lowest BCUT2D eigenvalue weighted by atomic mass is 10.1. The first-order valence-electron chi connectivity index (χ1n) is 5.29. The number of carbonyl (C=O) groups is 1. The van der Waals surface area contributed by atoms with Gasteiger partial charge in [0.2, 0.25) is 0 Å². The number of aliphatic hydroxyl groups excluding tert-OH is 1. The lowest BCUT2D eigenvalue weighted by molar-refractivity contribution is 0.0945. The van der Waals surface area contributed by atoms with Crippen molar-refractivity contribution < 1.29 is 9.90 Å². The maximum absolute atomic E-state index is 11.7. The van der Waals surface area contributed by atoms with Gasteiger partial charge in [0, 0.05) is 16.6 Å². The second-order valence-electron chi connectivity index (χ2n) is 3.69. The van der Waals surface area contributed by atoms with Gasteiger partial charge in [-0.1, -0.05) is 28.1 Å². The predicted octanol–water partition coefficient (Wildman–Crippen LogP) is 2.32. The zero-order valence-electron chi connectivity index (χ0n) is 9.11. The highest BCUT2D eigenvalue weighted by molar-refractivity contribution is 9.10. The summed E-state index contributed by atoms with van der Waals surface area (Å²) in [6, 6.07) is 11.4. The number of rotatable bonds is 3. The van der Waals surface area contributed by atoms with Crippen LogP contribution in [0.15, 0.2) is 40.9 Å². The number of benzene rings is 2. The summed E-state index contributed by atoms with van der Waals surface area (Å²) in [6.07, 6.45) is 0. The molecule has 0 saturated carbocycles. The van der Waals surface area contributed by atoms with E-state index in [4.69, 9.17) is 5.11 Å². The van der Waals surface area contributed by atoms with Crippen LogP contribution in [0.5, 0.6) is 0 Å². The van der Waals surface area contributed by atoms with Gasteiger partial charge in [-0.05, 0) is 35.0 Å². The molecule has 0 aliphatic carbocycles. The molecule has 0 bridgehead atoms. The first kappa shape index (κ1) is 12.1. The number of hydrogen-bond acceptors (Lipinski definition) is 2. The van der Waals surface area contributed by atoms with Crippen LogP contribution >= 0.6 is 15.9 Å². The third kappa shape index (κ3) is 2.84. The molecule has 2 aromatic rings.